The number of hydrogen-bond acceptors (Lipinski definition) is 4. The Kier molecular flexibility index (Phi) is 3.92. The molecular weight excluding hydrogens is 318 g/mol. The summed E-state index contributed by atoms with van der Waals surface area (Å²) in [5.74, 6) is 0.652. The van der Waals surface area contributed by atoms with Gasteiger partial charge in [-0.2, -0.15) is 0 Å². The Balaban J connectivity index is 1.66. The molecule has 4 aromatic rings. The van der Waals surface area contributed by atoms with E-state index in [0.29, 0.717) is 17.8 Å². The van der Waals surface area contributed by atoms with Crippen molar-refractivity contribution in [1.29, 1.82) is 0 Å². The Morgan fingerprint density at radius 2 is 1.67 bits per heavy atom. The topological polar surface area (TPSA) is 47.8 Å². The third-order valence-electron chi connectivity index (χ3n) is 3.89. The molecule has 2 aromatic heterocycles. The molecule has 0 spiro atoms. The van der Waals surface area contributed by atoms with Gasteiger partial charge in [0.1, 0.15) is 4.83 Å². The van der Waals surface area contributed by atoms with Gasteiger partial charge in [-0.3, -0.25) is 8.75 Å². The third kappa shape index (κ3) is 2.86. The molecule has 0 saturated carbocycles. The summed E-state index contributed by atoms with van der Waals surface area (Å²) in [6.45, 7) is 0.657. The quantitative estimate of drug-likeness (QED) is 0.571. The van der Waals surface area contributed by atoms with Crippen LogP contribution >= 0.6 is 11.5 Å². The minimum Gasteiger partial charge on any atom is -0.268 e. The summed E-state index contributed by atoms with van der Waals surface area (Å²) >= 11 is 1.41. The first-order valence-electron chi connectivity index (χ1n) is 7.77. The zero-order valence-electron chi connectivity index (χ0n) is 12.9. The van der Waals surface area contributed by atoms with Gasteiger partial charge in [0.15, 0.2) is 5.82 Å². The Bertz CT molecular complexity index is 1020. The number of fused-ring (bicyclic) bond motifs is 1. The van der Waals surface area contributed by atoms with E-state index in [1.807, 2.05) is 48.5 Å². The largest absolute Gasteiger partial charge is 0.271 e. The molecule has 0 aliphatic heterocycles. The molecule has 24 heavy (non-hydrogen) atoms. The first kappa shape index (κ1) is 14.8. The molecule has 0 aliphatic carbocycles. The monoisotopic (exact) mass is 333 g/mol. The summed E-state index contributed by atoms with van der Waals surface area (Å²) in [6, 6.07) is 20.0. The fraction of sp³-hybridized carbons (Fsp3) is 0.105. The van der Waals surface area contributed by atoms with E-state index in [0.717, 1.165) is 16.8 Å². The molecule has 118 valence electrons. The molecule has 0 aliphatic rings. The molecular formula is C19H15N3OS. The first-order valence-corrected chi connectivity index (χ1v) is 8.55. The van der Waals surface area contributed by atoms with Gasteiger partial charge < -0.3 is 0 Å². The van der Waals surface area contributed by atoms with Crippen molar-refractivity contribution in [2.24, 2.45) is 0 Å². The smallest absolute Gasteiger partial charge is 0.268 e. The second-order valence-corrected chi connectivity index (χ2v) is 6.52. The van der Waals surface area contributed by atoms with Gasteiger partial charge in [0.25, 0.3) is 5.56 Å². The maximum Gasteiger partial charge on any atom is 0.271 e. The van der Waals surface area contributed by atoms with E-state index in [4.69, 9.17) is 0 Å². The number of rotatable bonds is 4. The second kappa shape index (κ2) is 6.37. The van der Waals surface area contributed by atoms with Gasteiger partial charge in [0.2, 0.25) is 0 Å². The molecule has 0 saturated heterocycles. The molecule has 0 bridgehead atoms. The van der Waals surface area contributed by atoms with Crippen LogP contribution in [0, 0.1) is 0 Å². The highest BCUT2D eigenvalue weighted by Gasteiger charge is 2.11. The van der Waals surface area contributed by atoms with E-state index in [1.165, 1.54) is 17.1 Å². The number of aryl methyl sites for hydroxylation is 2. The average molecular weight is 333 g/mol. The van der Waals surface area contributed by atoms with E-state index < -0.39 is 0 Å². The summed E-state index contributed by atoms with van der Waals surface area (Å²) in [6.07, 6.45) is 2.47. The molecule has 4 nitrogen and oxygen atoms in total. The molecule has 0 fully saturated rings. The molecule has 0 atom stereocenters. The zero-order chi connectivity index (χ0) is 16.4. The number of nitrogens with zero attached hydrogens (tertiary/aromatic N) is 3. The predicted octanol–water partition coefficient (Wildman–Crippen LogP) is 3.76. The Morgan fingerprint density at radius 1 is 0.958 bits per heavy atom. The molecule has 0 unspecified atom stereocenters. The number of benzene rings is 2. The van der Waals surface area contributed by atoms with Crippen molar-refractivity contribution in [2.45, 2.75) is 13.0 Å². The standard InChI is InChI=1S/C19H15N3OS/c23-19-16-13-20-17(15-9-5-2-6-10-15)21-18(16)24-22(19)12-11-14-7-3-1-4-8-14/h1-10,13H,11-12H2. The highest BCUT2D eigenvalue weighted by atomic mass is 32.1. The van der Waals surface area contributed by atoms with Crippen LogP contribution in [0.4, 0.5) is 0 Å². The van der Waals surface area contributed by atoms with Crippen LogP contribution in [0.15, 0.2) is 71.7 Å². The summed E-state index contributed by atoms with van der Waals surface area (Å²) in [4.78, 5) is 22.1. The van der Waals surface area contributed by atoms with Gasteiger partial charge in [-0.05, 0) is 23.5 Å². The lowest BCUT2D eigenvalue weighted by Crippen LogP contribution is -2.14. The van der Waals surface area contributed by atoms with Crippen LogP contribution in [0.1, 0.15) is 5.56 Å². The van der Waals surface area contributed by atoms with E-state index >= 15 is 0 Å². The highest BCUT2D eigenvalue weighted by molar-refractivity contribution is 7.13. The van der Waals surface area contributed by atoms with Crippen molar-refractivity contribution >= 4 is 21.7 Å². The van der Waals surface area contributed by atoms with Gasteiger partial charge in [-0.25, -0.2) is 9.97 Å². The summed E-state index contributed by atoms with van der Waals surface area (Å²) < 4.78 is 1.76. The minimum atomic E-state index is -0.00876. The SMILES string of the molecule is O=c1c2cnc(-c3ccccc3)nc2sn1CCc1ccccc1. The lowest BCUT2D eigenvalue weighted by Gasteiger charge is -2.00. The van der Waals surface area contributed by atoms with Gasteiger partial charge in [0, 0.05) is 18.3 Å². The van der Waals surface area contributed by atoms with Crippen molar-refractivity contribution in [3.05, 3.63) is 82.8 Å². The second-order valence-electron chi connectivity index (χ2n) is 5.51. The van der Waals surface area contributed by atoms with E-state index in [9.17, 15) is 4.79 Å². The normalized spacial score (nSPS) is 11.0. The van der Waals surface area contributed by atoms with Crippen molar-refractivity contribution in [3.63, 3.8) is 0 Å². The number of hydrogen-bond donors (Lipinski definition) is 0. The zero-order valence-corrected chi connectivity index (χ0v) is 13.7. The van der Waals surface area contributed by atoms with Crippen LogP contribution in [-0.4, -0.2) is 13.9 Å². The fourth-order valence-electron chi connectivity index (χ4n) is 2.61. The lowest BCUT2D eigenvalue weighted by atomic mass is 10.1. The predicted molar refractivity (Wildman–Crippen MR) is 97.3 cm³/mol. The molecule has 0 radical (unpaired) electrons. The number of aromatic nitrogens is 3. The van der Waals surface area contributed by atoms with Crippen LogP contribution in [0.25, 0.3) is 21.6 Å². The maximum absolute atomic E-state index is 12.5. The van der Waals surface area contributed by atoms with Gasteiger partial charge >= 0.3 is 0 Å². The molecule has 2 heterocycles. The van der Waals surface area contributed by atoms with Gasteiger partial charge in [-0.15, -0.1) is 0 Å². The third-order valence-corrected chi connectivity index (χ3v) is 4.94. The summed E-state index contributed by atoms with van der Waals surface area (Å²) in [7, 11) is 0. The molecule has 4 rings (SSSR count). The van der Waals surface area contributed by atoms with Crippen LogP contribution in [-0.2, 0) is 13.0 Å². The lowest BCUT2D eigenvalue weighted by molar-refractivity contribution is 0.736. The van der Waals surface area contributed by atoms with Gasteiger partial charge in [-0.1, -0.05) is 60.7 Å². The summed E-state index contributed by atoms with van der Waals surface area (Å²) in [5.41, 5.74) is 2.17. The molecule has 2 aromatic carbocycles. The van der Waals surface area contributed by atoms with Gasteiger partial charge in [0.05, 0.1) is 5.39 Å². The minimum absolute atomic E-state index is 0.00876. The van der Waals surface area contributed by atoms with Crippen molar-refractivity contribution < 1.29 is 0 Å². The van der Waals surface area contributed by atoms with Crippen LogP contribution in [0.5, 0.6) is 0 Å². The van der Waals surface area contributed by atoms with Crippen molar-refractivity contribution in [2.75, 3.05) is 0 Å². The van der Waals surface area contributed by atoms with E-state index in [2.05, 4.69) is 22.1 Å². The highest BCUT2D eigenvalue weighted by Crippen LogP contribution is 2.19. The molecule has 0 amide bonds. The molecule has 5 heteroatoms. The van der Waals surface area contributed by atoms with Crippen LogP contribution < -0.4 is 5.56 Å². The summed E-state index contributed by atoms with van der Waals surface area (Å²) in [5, 5.41) is 0.591. The van der Waals surface area contributed by atoms with E-state index in [1.54, 1.807) is 10.2 Å². The fourth-order valence-corrected chi connectivity index (χ4v) is 3.55. The first-order chi connectivity index (χ1) is 11.8. The van der Waals surface area contributed by atoms with Crippen LogP contribution in [0.3, 0.4) is 0 Å². The Hall–Kier alpha value is -2.79. The van der Waals surface area contributed by atoms with Crippen molar-refractivity contribution in [3.8, 4) is 11.4 Å². The molecule has 0 N–H and O–H groups in total. The average Bonchev–Trinajstić information content (AvgIpc) is 2.97. The van der Waals surface area contributed by atoms with Crippen molar-refractivity contribution in [1.82, 2.24) is 13.9 Å². The van der Waals surface area contributed by atoms with Crippen LogP contribution in [0.2, 0.25) is 0 Å². The van der Waals surface area contributed by atoms with E-state index in [-0.39, 0.29) is 5.56 Å². The Labute approximate surface area is 143 Å². The maximum atomic E-state index is 12.5. The Morgan fingerprint density at radius 3 is 2.42 bits per heavy atom.